The second kappa shape index (κ2) is 6.38. The Bertz CT molecular complexity index is 954. The number of hydrogen-bond donors (Lipinski definition) is 1. The fourth-order valence-corrected chi connectivity index (χ4v) is 4.04. The van der Waals surface area contributed by atoms with E-state index in [2.05, 4.69) is 31.7 Å². The zero-order valence-corrected chi connectivity index (χ0v) is 15.1. The monoisotopic (exact) mass is 367 g/mol. The number of hydrogen-bond acceptors (Lipinski definition) is 7. The number of anilines is 1. The SMILES string of the molecule is CCn1c(-c2cc(-c3cccc(O)c3)on2)nnc1N1C[C@H]2COC[C@H]2C1. The van der Waals surface area contributed by atoms with Crippen LogP contribution in [0.5, 0.6) is 5.75 Å². The van der Waals surface area contributed by atoms with Crippen molar-refractivity contribution in [2.24, 2.45) is 11.8 Å². The van der Waals surface area contributed by atoms with E-state index in [9.17, 15) is 5.11 Å². The Morgan fingerprint density at radius 3 is 2.70 bits per heavy atom. The molecule has 27 heavy (non-hydrogen) atoms. The quantitative estimate of drug-likeness (QED) is 0.757. The molecule has 2 saturated heterocycles. The predicted molar refractivity (Wildman–Crippen MR) is 98.3 cm³/mol. The molecule has 140 valence electrons. The normalized spacial score (nSPS) is 21.7. The summed E-state index contributed by atoms with van der Waals surface area (Å²) < 4.78 is 13.1. The highest BCUT2D eigenvalue weighted by Gasteiger charge is 2.39. The van der Waals surface area contributed by atoms with Gasteiger partial charge in [-0.2, -0.15) is 0 Å². The minimum Gasteiger partial charge on any atom is -0.508 e. The lowest BCUT2D eigenvalue weighted by Crippen LogP contribution is -2.25. The summed E-state index contributed by atoms with van der Waals surface area (Å²) in [5.41, 5.74) is 1.40. The molecule has 8 heteroatoms. The summed E-state index contributed by atoms with van der Waals surface area (Å²) in [6.45, 7) is 6.41. The van der Waals surface area contributed by atoms with Crippen LogP contribution in [0, 0.1) is 11.8 Å². The molecule has 0 saturated carbocycles. The topological polar surface area (TPSA) is 89.4 Å². The fourth-order valence-electron chi connectivity index (χ4n) is 4.04. The molecule has 0 bridgehead atoms. The zero-order valence-electron chi connectivity index (χ0n) is 15.1. The maximum Gasteiger partial charge on any atom is 0.227 e. The molecule has 2 aromatic heterocycles. The lowest BCUT2D eigenvalue weighted by Gasteiger charge is -2.19. The Labute approximate surface area is 156 Å². The Morgan fingerprint density at radius 1 is 1.15 bits per heavy atom. The van der Waals surface area contributed by atoms with Crippen LogP contribution in [-0.2, 0) is 11.3 Å². The van der Waals surface area contributed by atoms with E-state index < -0.39 is 0 Å². The molecule has 0 aliphatic carbocycles. The van der Waals surface area contributed by atoms with E-state index in [1.807, 2.05) is 12.1 Å². The Morgan fingerprint density at radius 2 is 1.96 bits per heavy atom. The highest BCUT2D eigenvalue weighted by molar-refractivity contribution is 5.65. The van der Waals surface area contributed by atoms with Gasteiger partial charge in [0.05, 0.1) is 13.2 Å². The number of rotatable bonds is 4. The van der Waals surface area contributed by atoms with E-state index in [0.29, 0.717) is 29.1 Å². The number of phenols is 1. The van der Waals surface area contributed by atoms with Crippen LogP contribution < -0.4 is 4.90 Å². The molecule has 1 aromatic carbocycles. The molecule has 0 unspecified atom stereocenters. The molecule has 2 aliphatic heterocycles. The molecule has 5 rings (SSSR count). The second-order valence-electron chi connectivity index (χ2n) is 7.16. The van der Waals surface area contributed by atoms with Crippen molar-refractivity contribution in [1.29, 1.82) is 0 Å². The molecular weight excluding hydrogens is 346 g/mol. The van der Waals surface area contributed by atoms with Gasteiger partial charge < -0.3 is 19.3 Å². The third-order valence-corrected chi connectivity index (χ3v) is 5.44. The van der Waals surface area contributed by atoms with Gasteiger partial charge in [0.2, 0.25) is 5.95 Å². The van der Waals surface area contributed by atoms with Gasteiger partial charge in [0.25, 0.3) is 0 Å². The summed E-state index contributed by atoms with van der Waals surface area (Å²) >= 11 is 0. The van der Waals surface area contributed by atoms with Crippen molar-refractivity contribution >= 4 is 5.95 Å². The first kappa shape index (κ1) is 16.3. The molecule has 3 aromatic rings. The van der Waals surface area contributed by atoms with Crippen LogP contribution in [0.3, 0.4) is 0 Å². The fraction of sp³-hybridized carbons (Fsp3) is 0.421. The highest BCUT2D eigenvalue weighted by Crippen LogP contribution is 2.34. The van der Waals surface area contributed by atoms with Gasteiger partial charge in [0.1, 0.15) is 5.75 Å². The molecule has 1 N–H and O–H groups in total. The molecule has 0 amide bonds. The lowest BCUT2D eigenvalue weighted by atomic mass is 10.0. The number of benzene rings is 1. The number of aromatic hydroxyl groups is 1. The van der Waals surface area contributed by atoms with Crippen LogP contribution in [0.15, 0.2) is 34.9 Å². The van der Waals surface area contributed by atoms with Crippen molar-refractivity contribution in [2.45, 2.75) is 13.5 Å². The summed E-state index contributed by atoms with van der Waals surface area (Å²) in [5, 5.41) is 22.7. The second-order valence-corrected chi connectivity index (χ2v) is 7.16. The number of nitrogens with zero attached hydrogens (tertiary/aromatic N) is 5. The number of ether oxygens (including phenoxy) is 1. The van der Waals surface area contributed by atoms with E-state index in [1.54, 1.807) is 18.2 Å². The van der Waals surface area contributed by atoms with Gasteiger partial charge in [-0.05, 0) is 19.1 Å². The predicted octanol–water partition coefficient (Wildman–Crippen LogP) is 2.41. The summed E-state index contributed by atoms with van der Waals surface area (Å²) in [7, 11) is 0. The van der Waals surface area contributed by atoms with Crippen LogP contribution in [-0.4, -0.2) is 51.3 Å². The maximum atomic E-state index is 9.67. The summed E-state index contributed by atoms with van der Waals surface area (Å²) in [6.07, 6.45) is 0. The Kier molecular flexibility index (Phi) is 3.86. The molecule has 8 nitrogen and oxygen atoms in total. The lowest BCUT2D eigenvalue weighted by molar-refractivity contribution is 0.177. The van der Waals surface area contributed by atoms with Crippen molar-refractivity contribution in [3.8, 4) is 28.6 Å². The highest BCUT2D eigenvalue weighted by atomic mass is 16.5. The average Bonchev–Trinajstić information content (AvgIpc) is 3.42. The summed E-state index contributed by atoms with van der Waals surface area (Å²) in [6, 6.07) is 8.74. The largest absolute Gasteiger partial charge is 0.508 e. The van der Waals surface area contributed by atoms with Crippen LogP contribution in [0.25, 0.3) is 22.8 Å². The zero-order chi connectivity index (χ0) is 18.4. The van der Waals surface area contributed by atoms with Gasteiger partial charge >= 0.3 is 0 Å². The van der Waals surface area contributed by atoms with Gasteiger partial charge in [0, 0.05) is 43.1 Å². The van der Waals surface area contributed by atoms with Gasteiger partial charge in [-0.1, -0.05) is 17.3 Å². The van der Waals surface area contributed by atoms with Crippen molar-refractivity contribution in [3.05, 3.63) is 30.3 Å². The van der Waals surface area contributed by atoms with Gasteiger partial charge in [0.15, 0.2) is 17.3 Å². The standard InChI is InChI=1S/C19H21N5O3/c1-2-24-18(16-7-17(27-22-16)12-4-3-5-15(25)6-12)20-21-19(24)23-8-13-10-26-11-14(13)9-23/h3-7,13-14,25H,2,8-11H2,1H3/t13-,14+. The van der Waals surface area contributed by atoms with Crippen molar-refractivity contribution < 1.29 is 14.4 Å². The minimum atomic E-state index is 0.188. The number of fused-ring (bicyclic) bond motifs is 1. The summed E-state index contributed by atoms with van der Waals surface area (Å²) in [4.78, 5) is 2.30. The summed E-state index contributed by atoms with van der Waals surface area (Å²) in [5.74, 6) is 3.51. The molecule has 4 heterocycles. The maximum absolute atomic E-state index is 9.67. The minimum absolute atomic E-state index is 0.188. The smallest absolute Gasteiger partial charge is 0.227 e. The van der Waals surface area contributed by atoms with E-state index in [1.165, 1.54) is 0 Å². The van der Waals surface area contributed by atoms with Crippen LogP contribution in [0.2, 0.25) is 0 Å². The van der Waals surface area contributed by atoms with E-state index in [0.717, 1.165) is 44.4 Å². The molecule has 0 radical (unpaired) electrons. The molecule has 2 atom stereocenters. The van der Waals surface area contributed by atoms with Gasteiger partial charge in [-0.3, -0.25) is 4.57 Å². The average molecular weight is 367 g/mol. The number of aromatic nitrogens is 4. The Balaban J connectivity index is 1.45. The first-order valence-electron chi connectivity index (χ1n) is 9.25. The molecule has 2 fully saturated rings. The van der Waals surface area contributed by atoms with Crippen LogP contribution >= 0.6 is 0 Å². The molecule has 0 spiro atoms. The third kappa shape index (κ3) is 2.76. The van der Waals surface area contributed by atoms with E-state index in [-0.39, 0.29) is 5.75 Å². The molecular formula is C19H21N5O3. The number of phenolic OH excluding ortho intramolecular Hbond substituents is 1. The van der Waals surface area contributed by atoms with Crippen LogP contribution in [0.4, 0.5) is 5.95 Å². The third-order valence-electron chi connectivity index (χ3n) is 5.44. The van der Waals surface area contributed by atoms with Crippen molar-refractivity contribution in [1.82, 2.24) is 19.9 Å². The van der Waals surface area contributed by atoms with E-state index in [4.69, 9.17) is 9.26 Å². The molecule has 2 aliphatic rings. The van der Waals surface area contributed by atoms with Gasteiger partial charge in [-0.25, -0.2) is 0 Å². The first-order chi connectivity index (χ1) is 13.2. The van der Waals surface area contributed by atoms with Crippen LogP contribution in [0.1, 0.15) is 6.92 Å². The Hall–Kier alpha value is -2.87. The van der Waals surface area contributed by atoms with E-state index >= 15 is 0 Å². The first-order valence-corrected chi connectivity index (χ1v) is 9.25. The van der Waals surface area contributed by atoms with Crippen molar-refractivity contribution in [3.63, 3.8) is 0 Å². The van der Waals surface area contributed by atoms with Gasteiger partial charge in [-0.15, -0.1) is 10.2 Å². The van der Waals surface area contributed by atoms with Crippen molar-refractivity contribution in [2.75, 3.05) is 31.2 Å².